The van der Waals surface area contributed by atoms with Gasteiger partial charge in [-0.05, 0) is 44.0 Å². The van der Waals surface area contributed by atoms with Gasteiger partial charge in [-0.3, -0.25) is 4.90 Å². The zero-order chi connectivity index (χ0) is 11.6. The number of hydrogen-bond acceptors (Lipinski definition) is 2. The van der Waals surface area contributed by atoms with Crippen LogP contribution in [-0.2, 0) is 6.54 Å². The fraction of sp³-hybridized carbons (Fsp3) is 0.538. The number of nitrogens with zero attached hydrogens (tertiary/aromatic N) is 1. The largest absolute Gasteiger partial charge is 0.399 e. The zero-order valence-corrected chi connectivity index (χ0v) is 9.75. The van der Waals surface area contributed by atoms with Crippen LogP contribution in [-0.4, -0.2) is 24.2 Å². The van der Waals surface area contributed by atoms with Crippen LogP contribution < -0.4 is 5.73 Å². The average molecular weight is 222 g/mol. The van der Waals surface area contributed by atoms with Gasteiger partial charge in [0.15, 0.2) is 0 Å². The third-order valence-corrected chi connectivity index (χ3v) is 3.21. The molecule has 2 rings (SSSR count). The Bertz CT molecular complexity index is 361. The highest BCUT2D eigenvalue weighted by atomic mass is 19.1. The Balaban J connectivity index is 1.89. The molecule has 2 nitrogen and oxygen atoms in total. The number of anilines is 1. The van der Waals surface area contributed by atoms with E-state index < -0.39 is 5.67 Å². The summed E-state index contributed by atoms with van der Waals surface area (Å²) in [5.74, 6) is 0. The highest BCUT2D eigenvalue weighted by Crippen LogP contribution is 2.36. The van der Waals surface area contributed by atoms with Crippen molar-refractivity contribution in [2.45, 2.75) is 31.5 Å². The van der Waals surface area contributed by atoms with Crippen LogP contribution in [0.4, 0.5) is 10.1 Å². The molecule has 1 fully saturated rings. The van der Waals surface area contributed by atoms with Gasteiger partial charge in [-0.1, -0.05) is 12.1 Å². The van der Waals surface area contributed by atoms with Gasteiger partial charge in [-0.15, -0.1) is 0 Å². The number of benzene rings is 1. The van der Waals surface area contributed by atoms with Crippen molar-refractivity contribution in [3.63, 3.8) is 0 Å². The smallest absolute Gasteiger partial charge is 0.123 e. The lowest BCUT2D eigenvalue weighted by atomic mass is 9.82. The van der Waals surface area contributed by atoms with Crippen LogP contribution in [0.25, 0.3) is 0 Å². The quantitative estimate of drug-likeness (QED) is 0.793. The van der Waals surface area contributed by atoms with Crippen molar-refractivity contribution >= 4 is 5.69 Å². The van der Waals surface area contributed by atoms with Crippen molar-refractivity contribution in [3.05, 3.63) is 29.8 Å². The molecule has 1 aromatic rings. The molecule has 1 aliphatic carbocycles. The Morgan fingerprint density at radius 2 is 2.19 bits per heavy atom. The summed E-state index contributed by atoms with van der Waals surface area (Å²) in [5, 5.41) is 0. The normalized spacial score (nSPS) is 18.4. The first-order chi connectivity index (χ1) is 7.57. The molecule has 0 saturated heterocycles. The second-order valence-corrected chi connectivity index (χ2v) is 4.92. The monoisotopic (exact) mass is 222 g/mol. The van der Waals surface area contributed by atoms with Crippen molar-refractivity contribution in [2.75, 3.05) is 19.3 Å². The van der Waals surface area contributed by atoms with Gasteiger partial charge in [0.05, 0.1) is 0 Å². The Labute approximate surface area is 96.2 Å². The molecule has 2 N–H and O–H groups in total. The van der Waals surface area contributed by atoms with E-state index in [1.165, 1.54) is 0 Å². The van der Waals surface area contributed by atoms with Crippen LogP contribution in [0.15, 0.2) is 24.3 Å². The molecular weight excluding hydrogens is 203 g/mol. The fourth-order valence-corrected chi connectivity index (χ4v) is 2.26. The first kappa shape index (κ1) is 11.4. The van der Waals surface area contributed by atoms with Gasteiger partial charge in [0.1, 0.15) is 5.67 Å². The molecule has 0 bridgehead atoms. The minimum atomic E-state index is -0.935. The molecule has 0 aliphatic heterocycles. The molecule has 0 heterocycles. The summed E-state index contributed by atoms with van der Waals surface area (Å²) >= 11 is 0. The van der Waals surface area contributed by atoms with Gasteiger partial charge in [-0.2, -0.15) is 0 Å². The standard InChI is InChI=1S/C13H19FN2/c1-16(10-13(14)6-3-7-13)9-11-4-2-5-12(15)8-11/h2,4-5,8H,3,6-7,9-10,15H2,1H3. The fourth-order valence-electron chi connectivity index (χ4n) is 2.26. The third-order valence-electron chi connectivity index (χ3n) is 3.21. The third kappa shape index (κ3) is 2.73. The van der Waals surface area contributed by atoms with Crippen LogP contribution in [0.1, 0.15) is 24.8 Å². The van der Waals surface area contributed by atoms with Crippen molar-refractivity contribution in [2.24, 2.45) is 0 Å². The van der Waals surface area contributed by atoms with Gasteiger partial charge in [0, 0.05) is 18.8 Å². The van der Waals surface area contributed by atoms with E-state index in [1.807, 2.05) is 36.2 Å². The number of alkyl halides is 1. The number of nitrogen functional groups attached to an aromatic ring is 1. The number of nitrogens with two attached hydrogens (primary N) is 1. The van der Waals surface area contributed by atoms with Gasteiger partial charge in [0.25, 0.3) is 0 Å². The van der Waals surface area contributed by atoms with Crippen molar-refractivity contribution in [3.8, 4) is 0 Å². The van der Waals surface area contributed by atoms with Crippen LogP contribution in [0, 0.1) is 0 Å². The van der Waals surface area contributed by atoms with Gasteiger partial charge >= 0.3 is 0 Å². The Hall–Kier alpha value is -1.09. The minimum absolute atomic E-state index is 0.530. The molecule has 0 aromatic heterocycles. The van der Waals surface area contributed by atoms with Crippen molar-refractivity contribution in [1.82, 2.24) is 4.90 Å². The molecule has 0 unspecified atom stereocenters. The molecule has 88 valence electrons. The van der Waals surface area contributed by atoms with E-state index in [-0.39, 0.29) is 0 Å². The summed E-state index contributed by atoms with van der Waals surface area (Å²) in [6, 6.07) is 7.78. The maximum Gasteiger partial charge on any atom is 0.123 e. The lowest BCUT2D eigenvalue weighted by molar-refractivity contribution is 0.0264. The SMILES string of the molecule is CN(Cc1cccc(N)c1)CC1(F)CCC1. The highest BCUT2D eigenvalue weighted by molar-refractivity contribution is 5.40. The van der Waals surface area contributed by atoms with E-state index >= 15 is 0 Å². The Kier molecular flexibility index (Phi) is 3.15. The molecule has 1 aliphatic rings. The average Bonchev–Trinajstić information content (AvgIpc) is 2.15. The number of rotatable bonds is 4. The summed E-state index contributed by atoms with van der Waals surface area (Å²) in [5.41, 5.74) is 6.68. The zero-order valence-electron chi connectivity index (χ0n) is 9.75. The van der Waals surface area contributed by atoms with Crippen LogP contribution in [0.5, 0.6) is 0 Å². The molecule has 0 amide bonds. The molecular formula is C13H19FN2. The number of halogens is 1. The maximum atomic E-state index is 13.9. The van der Waals surface area contributed by atoms with Gasteiger partial charge in [0.2, 0.25) is 0 Å². The van der Waals surface area contributed by atoms with E-state index in [4.69, 9.17) is 5.73 Å². The molecule has 1 aromatic carbocycles. The Morgan fingerprint density at radius 1 is 1.44 bits per heavy atom. The highest BCUT2D eigenvalue weighted by Gasteiger charge is 2.37. The first-order valence-corrected chi connectivity index (χ1v) is 5.79. The van der Waals surface area contributed by atoms with E-state index in [2.05, 4.69) is 0 Å². The first-order valence-electron chi connectivity index (χ1n) is 5.79. The maximum absolute atomic E-state index is 13.9. The summed E-state index contributed by atoms with van der Waals surface area (Å²) in [6.45, 7) is 1.29. The second-order valence-electron chi connectivity index (χ2n) is 4.92. The molecule has 16 heavy (non-hydrogen) atoms. The minimum Gasteiger partial charge on any atom is -0.399 e. The molecule has 0 atom stereocenters. The topological polar surface area (TPSA) is 29.3 Å². The van der Waals surface area contributed by atoms with Crippen molar-refractivity contribution in [1.29, 1.82) is 0 Å². The predicted octanol–water partition coefficient (Wildman–Crippen LogP) is 2.59. The van der Waals surface area contributed by atoms with E-state index in [1.54, 1.807) is 0 Å². The Morgan fingerprint density at radius 3 is 2.75 bits per heavy atom. The van der Waals surface area contributed by atoms with Crippen molar-refractivity contribution < 1.29 is 4.39 Å². The van der Waals surface area contributed by atoms with E-state index in [0.29, 0.717) is 19.4 Å². The van der Waals surface area contributed by atoms with Crippen LogP contribution >= 0.6 is 0 Å². The van der Waals surface area contributed by atoms with E-state index in [0.717, 1.165) is 24.2 Å². The summed E-state index contributed by atoms with van der Waals surface area (Å²) in [4.78, 5) is 2.04. The molecule has 0 spiro atoms. The van der Waals surface area contributed by atoms with Gasteiger partial charge in [-0.25, -0.2) is 4.39 Å². The van der Waals surface area contributed by atoms with Crippen LogP contribution in [0.2, 0.25) is 0 Å². The van der Waals surface area contributed by atoms with Gasteiger partial charge < -0.3 is 5.73 Å². The number of hydrogen-bond donors (Lipinski definition) is 1. The predicted molar refractivity (Wildman–Crippen MR) is 64.9 cm³/mol. The summed E-state index contributed by atoms with van der Waals surface area (Å²) < 4.78 is 13.9. The van der Waals surface area contributed by atoms with E-state index in [9.17, 15) is 4.39 Å². The molecule has 0 radical (unpaired) electrons. The van der Waals surface area contributed by atoms with Crippen LogP contribution in [0.3, 0.4) is 0 Å². The lowest BCUT2D eigenvalue weighted by Gasteiger charge is -2.37. The lowest BCUT2D eigenvalue weighted by Crippen LogP contribution is -2.42. The summed E-state index contributed by atoms with van der Waals surface area (Å²) in [6.07, 6.45) is 2.46. The summed E-state index contributed by atoms with van der Waals surface area (Å²) in [7, 11) is 1.96. The molecule has 1 saturated carbocycles. The molecule has 3 heteroatoms. The second kappa shape index (κ2) is 4.42.